The number of amides is 2. The average Bonchev–Trinajstić information content (AvgIpc) is 2.74. The highest BCUT2D eigenvalue weighted by Crippen LogP contribution is 2.37. The summed E-state index contributed by atoms with van der Waals surface area (Å²) in [6, 6.07) is 7.72. The third kappa shape index (κ3) is 7.96. The van der Waals surface area contributed by atoms with E-state index in [9.17, 15) is 18.0 Å². The fourth-order valence-electron chi connectivity index (χ4n) is 3.28. The maximum atomic E-state index is 13.7. The van der Waals surface area contributed by atoms with Gasteiger partial charge in [-0.2, -0.15) is 0 Å². The Kier molecular flexibility index (Phi) is 8.27. The van der Waals surface area contributed by atoms with Crippen LogP contribution >= 0.6 is 15.9 Å². The van der Waals surface area contributed by atoms with Gasteiger partial charge in [-0.05, 0) is 65.8 Å². The first-order valence-electron chi connectivity index (χ1n) is 11.5. The van der Waals surface area contributed by atoms with E-state index < -0.39 is 39.5 Å². The minimum absolute atomic E-state index is 0.0237. The molecule has 0 unspecified atom stereocenters. The summed E-state index contributed by atoms with van der Waals surface area (Å²) in [6.45, 7) is 10.2. The van der Waals surface area contributed by atoms with E-state index in [-0.39, 0.29) is 35.2 Å². The number of anilines is 2. The topological polar surface area (TPSA) is 136 Å². The summed E-state index contributed by atoms with van der Waals surface area (Å²) >= 11 is 3.31. The van der Waals surface area contributed by atoms with Crippen molar-refractivity contribution in [3.63, 3.8) is 0 Å². The number of sulfonamides is 1. The molecule has 0 radical (unpaired) electrons. The van der Waals surface area contributed by atoms with Crippen LogP contribution in [0.15, 0.2) is 45.9 Å². The van der Waals surface area contributed by atoms with Crippen molar-refractivity contribution in [2.45, 2.75) is 63.7 Å². The van der Waals surface area contributed by atoms with Crippen LogP contribution in [0.1, 0.15) is 41.5 Å². The maximum absolute atomic E-state index is 13.7. The second kappa shape index (κ2) is 10.7. The third-order valence-electron chi connectivity index (χ3n) is 4.65. The summed E-state index contributed by atoms with van der Waals surface area (Å²) in [5.41, 5.74) is -1.07. The Bertz CT molecular complexity index is 1270. The molecule has 1 aromatic carbocycles. The Morgan fingerprint density at radius 2 is 1.76 bits per heavy atom. The quantitative estimate of drug-likeness (QED) is 0.506. The fourth-order valence-corrected chi connectivity index (χ4v) is 5.36. The molecule has 0 spiro atoms. The Morgan fingerprint density at radius 3 is 2.38 bits per heavy atom. The molecule has 2 N–H and O–H groups in total. The molecule has 13 heteroatoms. The van der Waals surface area contributed by atoms with Gasteiger partial charge in [0.15, 0.2) is 0 Å². The number of halogens is 1. The number of fused-ring (bicyclic) bond motifs is 1. The molecule has 2 aromatic rings. The van der Waals surface area contributed by atoms with Crippen LogP contribution in [-0.2, 0) is 19.5 Å². The molecule has 0 saturated heterocycles. The SMILES string of the molecule is CC(C)(C)OC(=O)NC[C@H]1CN(S(=O)(=O)c2cccc(Br)c2)c2cc(NC(=O)OC(C)(C)C)cnc2O1. The van der Waals surface area contributed by atoms with Crippen molar-refractivity contribution < 1.29 is 32.2 Å². The van der Waals surface area contributed by atoms with Gasteiger partial charge in [0.05, 0.1) is 29.9 Å². The van der Waals surface area contributed by atoms with Gasteiger partial charge < -0.3 is 19.5 Å². The van der Waals surface area contributed by atoms with Crippen molar-refractivity contribution in [3.05, 3.63) is 41.0 Å². The average molecular weight is 600 g/mol. The molecule has 0 aliphatic carbocycles. The lowest BCUT2D eigenvalue weighted by atomic mass is 10.2. The number of carbonyl (C=O) groups excluding carboxylic acids is 2. The van der Waals surface area contributed by atoms with Crippen LogP contribution in [-0.4, -0.2) is 56.0 Å². The van der Waals surface area contributed by atoms with Crippen molar-refractivity contribution in [2.24, 2.45) is 0 Å². The van der Waals surface area contributed by atoms with E-state index in [1.54, 1.807) is 53.7 Å². The van der Waals surface area contributed by atoms with Gasteiger partial charge in [-0.3, -0.25) is 9.62 Å². The number of hydrogen-bond acceptors (Lipinski definition) is 8. The molecule has 202 valence electrons. The van der Waals surface area contributed by atoms with Crippen LogP contribution in [0.3, 0.4) is 0 Å². The monoisotopic (exact) mass is 598 g/mol. The number of ether oxygens (including phenoxy) is 3. The first kappa shape index (κ1) is 28.5. The minimum atomic E-state index is -4.08. The standard InChI is InChI=1S/C24H31BrN4O7S/c1-23(2,3)35-21(30)27-13-17-14-29(37(32,33)18-9-7-8-15(25)10-18)19-11-16(12-26-20(19)34-17)28-22(31)36-24(4,5)6/h7-12,17H,13-14H2,1-6H3,(H,27,30)(H,28,31)/t17-/m0/s1. The van der Waals surface area contributed by atoms with Crippen LogP contribution < -0.4 is 19.7 Å². The van der Waals surface area contributed by atoms with Crippen LogP contribution in [0, 0.1) is 0 Å². The lowest BCUT2D eigenvalue weighted by Gasteiger charge is -2.35. The molecule has 1 aliphatic heterocycles. The zero-order valence-corrected chi connectivity index (χ0v) is 23.9. The van der Waals surface area contributed by atoms with Crippen molar-refractivity contribution >= 4 is 49.5 Å². The van der Waals surface area contributed by atoms with Gasteiger partial charge in [0, 0.05) is 4.47 Å². The van der Waals surface area contributed by atoms with E-state index >= 15 is 0 Å². The van der Waals surface area contributed by atoms with Gasteiger partial charge in [0.25, 0.3) is 10.0 Å². The van der Waals surface area contributed by atoms with Crippen LogP contribution in [0.5, 0.6) is 5.88 Å². The molecule has 2 amide bonds. The second-order valence-corrected chi connectivity index (χ2v) is 13.1. The Labute approximate surface area is 225 Å². The summed E-state index contributed by atoms with van der Waals surface area (Å²) in [6.07, 6.45) is -0.810. The highest BCUT2D eigenvalue weighted by molar-refractivity contribution is 9.10. The number of hydrogen-bond donors (Lipinski definition) is 2. The summed E-state index contributed by atoms with van der Waals surface area (Å²) in [5.74, 6) is 0.0237. The first-order valence-corrected chi connectivity index (χ1v) is 13.7. The summed E-state index contributed by atoms with van der Waals surface area (Å²) in [4.78, 5) is 28.7. The molecule has 1 aliphatic rings. The second-order valence-electron chi connectivity index (χ2n) is 10.3. The molecule has 37 heavy (non-hydrogen) atoms. The normalized spacial score (nSPS) is 15.8. The zero-order valence-electron chi connectivity index (χ0n) is 21.5. The molecule has 2 heterocycles. The molecular formula is C24H31BrN4O7S. The van der Waals surface area contributed by atoms with Crippen molar-refractivity contribution in [3.8, 4) is 5.88 Å². The van der Waals surface area contributed by atoms with E-state index in [0.717, 1.165) is 4.31 Å². The molecular weight excluding hydrogens is 568 g/mol. The molecule has 0 fully saturated rings. The number of aromatic nitrogens is 1. The van der Waals surface area contributed by atoms with Gasteiger partial charge >= 0.3 is 12.2 Å². The van der Waals surface area contributed by atoms with E-state index in [1.807, 2.05) is 0 Å². The molecule has 0 saturated carbocycles. The predicted molar refractivity (Wildman–Crippen MR) is 141 cm³/mol. The lowest BCUT2D eigenvalue weighted by Crippen LogP contribution is -2.49. The smallest absolute Gasteiger partial charge is 0.412 e. The van der Waals surface area contributed by atoms with E-state index in [1.165, 1.54) is 24.4 Å². The summed E-state index contributed by atoms with van der Waals surface area (Å²) in [7, 11) is -4.08. The minimum Gasteiger partial charge on any atom is -0.469 e. The Balaban J connectivity index is 1.92. The molecule has 11 nitrogen and oxygen atoms in total. The van der Waals surface area contributed by atoms with Crippen LogP contribution in [0.25, 0.3) is 0 Å². The molecule has 1 aromatic heterocycles. The number of pyridine rings is 1. The number of nitrogens with one attached hydrogen (secondary N) is 2. The van der Waals surface area contributed by atoms with E-state index in [0.29, 0.717) is 4.47 Å². The number of rotatable bonds is 5. The highest BCUT2D eigenvalue weighted by Gasteiger charge is 2.36. The third-order valence-corrected chi connectivity index (χ3v) is 6.92. The lowest BCUT2D eigenvalue weighted by molar-refractivity contribution is 0.0499. The van der Waals surface area contributed by atoms with Crippen molar-refractivity contribution in [1.29, 1.82) is 0 Å². The largest absolute Gasteiger partial charge is 0.469 e. The van der Waals surface area contributed by atoms with Gasteiger partial charge in [-0.25, -0.2) is 23.0 Å². The Morgan fingerprint density at radius 1 is 1.11 bits per heavy atom. The van der Waals surface area contributed by atoms with Gasteiger partial charge in [-0.1, -0.05) is 22.0 Å². The number of carbonyl (C=O) groups is 2. The number of nitrogens with zero attached hydrogens (tertiary/aromatic N) is 2. The van der Waals surface area contributed by atoms with Crippen LogP contribution in [0.4, 0.5) is 21.0 Å². The van der Waals surface area contributed by atoms with Gasteiger partial charge in [-0.15, -0.1) is 0 Å². The zero-order chi connectivity index (χ0) is 27.6. The number of benzene rings is 1. The molecule has 3 rings (SSSR count). The van der Waals surface area contributed by atoms with E-state index in [4.69, 9.17) is 14.2 Å². The predicted octanol–water partition coefficient (Wildman–Crippen LogP) is 4.67. The summed E-state index contributed by atoms with van der Waals surface area (Å²) in [5, 5.41) is 5.16. The fraction of sp³-hybridized carbons (Fsp3) is 0.458. The maximum Gasteiger partial charge on any atom is 0.412 e. The van der Waals surface area contributed by atoms with E-state index in [2.05, 4.69) is 31.5 Å². The van der Waals surface area contributed by atoms with Crippen molar-refractivity contribution in [2.75, 3.05) is 22.7 Å². The molecule has 1 atom stereocenters. The van der Waals surface area contributed by atoms with Gasteiger partial charge in [0.1, 0.15) is 23.0 Å². The summed E-state index contributed by atoms with van der Waals surface area (Å²) < 4.78 is 45.5. The van der Waals surface area contributed by atoms with Crippen molar-refractivity contribution in [1.82, 2.24) is 10.3 Å². The molecule has 0 bridgehead atoms. The highest BCUT2D eigenvalue weighted by atomic mass is 79.9. The van der Waals surface area contributed by atoms with Crippen LogP contribution in [0.2, 0.25) is 0 Å². The first-order chi connectivity index (χ1) is 17.0. The number of alkyl carbamates (subject to hydrolysis) is 1. The Hall–Kier alpha value is -3.06. The van der Waals surface area contributed by atoms with Gasteiger partial charge in [0.2, 0.25) is 5.88 Å².